The van der Waals surface area contributed by atoms with E-state index in [0.717, 1.165) is 19.3 Å². The van der Waals surface area contributed by atoms with Gasteiger partial charge >= 0.3 is 0 Å². The normalized spacial score (nSPS) is 26.9. The number of rotatable bonds is 1. The molecule has 1 N–H and O–H groups in total. The third-order valence-corrected chi connectivity index (χ3v) is 4.62. The number of amides is 2. The Labute approximate surface area is 150 Å². The Bertz CT molecular complexity index is 642. The van der Waals surface area contributed by atoms with Crippen LogP contribution >= 0.6 is 0 Å². The van der Waals surface area contributed by atoms with E-state index in [1.165, 1.54) is 4.90 Å². The van der Waals surface area contributed by atoms with E-state index >= 15 is 0 Å². The number of fused-ring (bicyclic) bond motifs is 1. The Morgan fingerprint density at radius 3 is 2.56 bits per heavy atom. The standard InChI is InChI=1S/C20H28N2O3/c1-5-16-11-7-6-10-14(2)25-18-13-9-8-12-17(18)20(24)22(4)15(3)19(23)21-16/h6-9,12-16H,5,10-11H2,1-4H3,(H,21,23)/b7-6-/t14-,15+,16+/m1/s1. The van der Waals surface area contributed by atoms with E-state index in [-0.39, 0.29) is 24.0 Å². The van der Waals surface area contributed by atoms with Gasteiger partial charge in [-0.3, -0.25) is 9.59 Å². The number of hydrogen-bond acceptors (Lipinski definition) is 3. The Kier molecular flexibility index (Phi) is 6.62. The summed E-state index contributed by atoms with van der Waals surface area (Å²) in [7, 11) is 1.65. The molecule has 0 saturated heterocycles. The van der Waals surface area contributed by atoms with Gasteiger partial charge in [-0.05, 0) is 38.8 Å². The lowest BCUT2D eigenvalue weighted by Crippen LogP contribution is -2.48. The highest BCUT2D eigenvalue weighted by Crippen LogP contribution is 2.22. The van der Waals surface area contributed by atoms with Crippen LogP contribution in [0.1, 0.15) is 50.4 Å². The highest BCUT2D eigenvalue weighted by molar-refractivity contribution is 5.99. The molecule has 0 fully saturated rings. The predicted molar refractivity (Wildman–Crippen MR) is 98.7 cm³/mol. The van der Waals surface area contributed by atoms with Gasteiger partial charge in [-0.1, -0.05) is 31.2 Å². The van der Waals surface area contributed by atoms with Gasteiger partial charge in [0.1, 0.15) is 11.8 Å². The van der Waals surface area contributed by atoms with Crippen molar-refractivity contribution in [2.24, 2.45) is 0 Å². The van der Waals surface area contributed by atoms with E-state index < -0.39 is 6.04 Å². The number of benzene rings is 1. The first-order chi connectivity index (χ1) is 11.9. The van der Waals surface area contributed by atoms with Crippen LogP contribution in [0, 0.1) is 0 Å². The van der Waals surface area contributed by atoms with Gasteiger partial charge in [0, 0.05) is 19.5 Å². The van der Waals surface area contributed by atoms with E-state index in [4.69, 9.17) is 4.74 Å². The molecule has 5 heteroatoms. The van der Waals surface area contributed by atoms with Gasteiger partial charge in [0.05, 0.1) is 11.7 Å². The highest BCUT2D eigenvalue weighted by atomic mass is 16.5. The molecule has 0 spiro atoms. The van der Waals surface area contributed by atoms with Gasteiger partial charge in [0.25, 0.3) is 5.91 Å². The topological polar surface area (TPSA) is 58.6 Å². The van der Waals surface area contributed by atoms with Crippen LogP contribution in [0.25, 0.3) is 0 Å². The number of ether oxygens (including phenoxy) is 1. The predicted octanol–water partition coefficient (Wildman–Crippen LogP) is 3.16. The minimum absolute atomic E-state index is 0.0365. The molecule has 0 bridgehead atoms. The lowest BCUT2D eigenvalue weighted by Gasteiger charge is -2.27. The van der Waals surface area contributed by atoms with E-state index in [0.29, 0.717) is 11.3 Å². The maximum absolute atomic E-state index is 12.9. The molecule has 1 heterocycles. The second-order valence-corrected chi connectivity index (χ2v) is 6.57. The van der Waals surface area contributed by atoms with Crippen molar-refractivity contribution in [2.45, 2.75) is 58.2 Å². The summed E-state index contributed by atoms with van der Waals surface area (Å²) in [6.07, 6.45) is 6.49. The van der Waals surface area contributed by atoms with Crippen molar-refractivity contribution >= 4 is 11.8 Å². The molecule has 2 rings (SSSR count). The first kappa shape index (κ1) is 19.0. The minimum atomic E-state index is -0.557. The zero-order valence-corrected chi connectivity index (χ0v) is 15.5. The van der Waals surface area contributed by atoms with E-state index in [2.05, 4.69) is 17.5 Å². The summed E-state index contributed by atoms with van der Waals surface area (Å²) in [5, 5.41) is 3.04. The van der Waals surface area contributed by atoms with Crippen molar-refractivity contribution in [3.63, 3.8) is 0 Å². The van der Waals surface area contributed by atoms with Crippen LogP contribution in [0.3, 0.4) is 0 Å². The molecular formula is C20H28N2O3. The van der Waals surface area contributed by atoms with Crippen molar-refractivity contribution in [1.29, 1.82) is 0 Å². The molecule has 1 aliphatic heterocycles. The van der Waals surface area contributed by atoms with Crippen molar-refractivity contribution in [2.75, 3.05) is 7.05 Å². The van der Waals surface area contributed by atoms with Crippen LogP contribution in [0.4, 0.5) is 0 Å². The largest absolute Gasteiger partial charge is 0.490 e. The lowest BCUT2D eigenvalue weighted by atomic mass is 10.1. The van der Waals surface area contributed by atoms with Gasteiger partial charge in [-0.2, -0.15) is 0 Å². The molecule has 136 valence electrons. The second kappa shape index (κ2) is 8.70. The molecule has 2 amide bonds. The van der Waals surface area contributed by atoms with Gasteiger partial charge in [-0.15, -0.1) is 0 Å². The maximum Gasteiger partial charge on any atom is 0.258 e. The molecule has 1 aromatic carbocycles. The van der Waals surface area contributed by atoms with Crippen LogP contribution < -0.4 is 10.1 Å². The second-order valence-electron chi connectivity index (χ2n) is 6.57. The summed E-state index contributed by atoms with van der Waals surface area (Å²) < 4.78 is 5.98. The van der Waals surface area contributed by atoms with Crippen LogP contribution in [-0.4, -0.2) is 41.9 Å². The van der Waals surface area contributed by atoms with E-state index in [1.807, 2.05) is 19.9 Å². The van der Waals surface area contributed by atoms with Gasteiger partial charge in [0.15, 0.2) is 0 Å². The van der Waals surface area contributed by atoms with Crippen molar-refractivity contribution in [3.8, 4) is 5.75 Å². The minimum Gasteiger partial charge on any atom is -0.490 e. The first-order valence-corrected chi connectivity index (χ1v) is 8.92. The number of likely N-dealkylation sites (N-methyl/N-ethyl adjacent to an activating group) is 1. The average Bonchev–Trinajstić information content (AvgIpc) is 2.61. The number of carbonyl (C=O) groups is 2. The Morgan fingerprint density at radius 1 is 1.16 bits per heavy atom. The number of hydrogen-bond donors (Lipinski definition) is 1. The zero-order valence-electron chi connectivity index (χ0n) is 15.5. The number of nitrogens with one attached hydrogen (secondary N) is 1. The molecule has 1 aliphatic rings. The summed E-state index contributed by atoms with van der Waals surface area (Å²) >= 11 is 0. The Morgan fingerprint density at radius 2 is 1.84 bits per heavy atom. The fourth-order valence-electron chi connectivity index (χ4n) is 2.75. The number of carbonyl (C=O) groups excluding carboxylic acids is 2. The summed E-state index contributed by atoms with van der Waals surface area (Å²) in [5.41, 5.74) is 0.476. The molecule has 5 nitrogen and oxygen atoms in total. The monoisotopic (exact) mass is 344 g/mol. The maximum atomic E-state index is 12.9. The Balaban J connectivity index is 2.34. The zero-order chi connectivity index (χ0) is 18.4. The smallest absolute Gasteiger partial charge is 0.258 e. The first-order valence-electron chi connectivity index (χ1n) is 8.92. The van der Waals surface area contributed by atoms with Crippen LogP contribution in [0.15, 0.2) is 36.4 Å². The molecular weight excluding hydrogens is 316 g/mol. The molecule has 0 saturated carbocycles. The molecule has 25 heavy (non-hydrogen) atoms. The average molecular weight is 344 g/mol. The third kappa shape index (κ3) is 4.84. The fraction of sp³-hybridized carbons (Fsp3) is 0.500. The summed E-state index contributed by atoms with van der Waals surface area (Å²) in [6, 6.07) is 6.70. The molecule has 3 atom stereocenters. The molecule has 0 unspecified atom stereocenters. The lowest BCUT2D eigenvalue weighted by molar-refractivity contribution is -0.125. The van der Waals surface area contributed by atoms with Crippen molar-refractivity contribution in [3.05, 3.63) is 42.0 Å². The van der Waals surface area contributed by atoms with E-state index in [1.54, 1.807) is 32.2 Å². The molecule has 0 aromatic heterocycles. The summed E-state index contributed by atoms with van der Waals surface area (Å²) in [4.78, 5) is 26.9. The quantitative estimate of drug-likeness (QED) is 0.796. The fourth-order valence-corrected chi connectivity index (χ4v) is 2.75. The van der Waals surface area contributed by atoms with Gasteiger partial charge in [-0.25, -0.2) is 0 Å². The molecule has 0 aliphatic carbocycles. The summed E-state index contributed by atoms with van der Waals surface area (Å²) in [6.45, 7) is 5.78. The third-order valence-electron chi connectivity index (χ3n) is 4.62. The SMILES string of the molecule is CC[C@H]1C/C=C\C[C@@H](C)Oc2ccccc2C(=O)N(C)[C@@H](C)C(=O)N1. The Hall–Kier alpha value is -2.30. The van der Waals surface area contributed by atoms with Crippen LogP contribution in [0.5, 0.6) is 5.75 Å². The number of para-hydroxylation sites is 1. The van der Waals surface area contributed by atoms with Gasteiger partial charge < -0.3 is 15.0 Å². The molecule has 0 radical (unpaired) electrons. The number of nitrogens with zero attached hydrogens (tertiary/aromatic N) is 1. The highest BCUT2D eigenvalue weighted by Gasteiger charge is 2.26. The molecule has 1 aromatic rings. The van der Waals surface area contributed by atoms with Crippen LogP contribution in [-0.2, 0) is 4.79 Å². The van der Waals surface area contributed by atoms with E-state index in [9.17, 15) is 9.59 Å². The van der Waals surface area contributed by atoms with Crippen molar-refractivity contribution < 1.29 is 14.3 Å². The van der Waals surface area contributed by atoms with Crippen molar-refractivity contribution in [1.82, 2.24) is 10.2 Å². The summed E-state index contributed by atoms with van der Waals surface area (Å²) in [5.74, 6) is 0.197. The van der Waals surface area contributed by atoms with Crippen LogP contribution in [0.2, 0.25) is 0 Å². The van der Waals surface area contributed by atoms with Gasteiger partial charge in [0.2, 0.25) is 5.91 Å².